The van der Waals surface area contributed by atoms with Crippen LogP contribution in [-0.4, -0.2) is 37.1 Å². The zero-order valence-corrected chi connectivity index (χ0v) is 14.4. The first-order valence-electron chi connectivity index (χ1n) is 7.89. The molecule has 0 heterocycles. The summed E-state index contributed by atoms with van der Waals surface area (Å²) in [6.45, 7) is 18.2. The van der Waals surface area contributed by atoms with Crippen LogP contribution in [0.15, 0.2) is 0 Å². The van der Waals surface area contributed by atoms with E-state index in [1.54, 1.807) is 6.92 Å². The Morgan fingerprint density at radius 3 is 1.26 bits per heavy atom. The third-order valence-corrected chi connectivity index (χ3v) is 2.65. The van der Waals surface area contributed by atoms with E-state index in [1.165, 1.54) is 52.2 Å². The molecule has 0 saturated carbocycles. The summed E-state index contributed by atoms with van der Waals surface area (Å²) in [5.74, 6) is -0.211. The highest BCUT2D eigenvalue weighted by molar-refractivity contribution is 5.65. The summed E-state index contributed by atoms with van der Waals surface area (Å²) in [7, 11) is 0. The number of hydrogen-bond acceptors (Lipinski definition) is 3. The summed E-state index contributed by atoms with van der Waals surface area (Å²) >= 11 is 0. The minimum absolute atomic E-state index is 0.211. The van der Waals surface area contributed by atoms with E-state index in [4.69, 9.17) is 0 Å². The van der Waals surface area contributed by atoms with Crippen LogP contribution in [0.1, 0.15) is 74.1 Å². The van der Waals surface area contributed by atoms with E-state index >= 15 is 0 Å². The van der Waals surface area contributed by atoms with Crippen molar-refractivity contribution in [2.45, 2.75) is 74.1 Å². The molecular weight excluding hydrogens is 238 g/mol. The lowest BCUT2D eigenvalue weighted by Gasteiger charge is -2.13. The minimum atomic E-state index is -0.211. The molecule has 0 radical (unpaired) electrons. The van der Waals surface area contributed by atoms with Gasteiger partial charge in [-0.3, -0.25) is 4.79 Å². The van der Waals surface area contributed by atoms with Crippen molar-refractivity contribution in [2.24, 2.45) is 0 Å². The molecule has 0 aliphatic rings. The lowest BCUT2D eigenvalue weighted by molar-refractivity contribution is -0.140. The van der Waals surface area contributed by atoms with Crippen LogP contribution in [0.3, 0.4) is 0 Å². The zero-order chi connectivity index (χ0) is 15.5. The fourth-order valence-corrected chi connectivity index (χ4v) is 1.37. The third kappa shape index (κ3) is 31.8. The number of nitrogens with zero attached hydrogens (tertiary/aromatic N) is 1. The summed E-state index contributed by atoms with van der Waals surface area (Å²) in [6, 6.07) is 0. The van der Waals surface area contributed by atoms with Gasteiger partial charge in [-0.1, -0.05) is 60.3 Å². The van der Waals surface area contributed by atoms with E-state index in [2.05, 4.69) is 44.3 Å². The van der Waals surface area contributed by atoms with Crippen molar-refractivity contribution in [3.8, 4) is 0 Å². The largest absolute Gasteiger partial charge is 0.466 e. The molecule has 0 unspecified atom stereocenters. The van der Waals surface area contributed by atoms with Gasteiger partial charge in [0.05, 0.1) is 6.61 Å². The van der Waals surface area contributed by atoms with Crippen molar-refractivity contribution in [1.29, 1.82) is 0 Å². The van der Waals surface area contributed by atoms with Gasteiger partial charge in [0.1, 0.15) is 0 Å². The molecule has 19 heavy (non-hydrogen) atoms. The highest BCUT2D eigenvalue weighted by atomic mass is 16.5. The van der Waals surface area contributed by atoms with Crippen molar-refractivity contribution >= 4 is 5.97 Å². The van der Waals surface area contributed by atoms with Crippen LogP contribution in [0.2, 0.25) is 0 Å². The average molecular weight is 275 g/mol. The topological polar surface area (TPSA) is 29.5 Å². The van der Waals surface area contributed by atoms with Gasteiger partial charge in [0.25, 0.3) is 0 Å². The SMILES string of the molecule is CCCCCC.CCN(CC)CC.CCOC(C)=O. The van der Waals surface area contributed by atoms with Crippen LogP contribution in [0.25, 0.3) is 0 Å². The van der Waals surface area contributed by atoms with Crippen LogP contribution in [-0.2, 0) is 9.53 Å². The monoisotopic (exact) mass is 275 g/mol. The van der Waals surface area contributed by atoms with Crippen LogP contribution in [0.4, 0.5) is 0 Å². The van der Waals surface area contributed by atoms with Gasteiger partial charge in [-0.15, -0.1) is 0 Å². The minimum Gasteiger partial charge on any atom is -0.466 e. The molecular formula is C16H37NO2. The first kappa shape index (κ1) is 23.5. The highest BCUT2D eigenvalue weighted by Crippen LogP contribution is 1.95. The molecule has 0 aromatic heterocycles. The molecule has 3 heteroatoms. The van der Waals surface area contributed by atoms with Gasteiger partial charge >= 0.3 is 5.97 Å². The number of ether oxygens (including phenoxy) is 1. The second-order valence-electron chi connectivity index (χ2n) is 4.25. The van der Waals surface area contributed by atoms with E-state index in [9.17, 15) is 4.79 Å². The Labute approximate surface area is 121 Å². The van der Waals surface area contributed by atoms with E-state index in [-0.39, 0.29) is 5.97 Å². The Balaban J connectivity index is -0.000000203. The standard InChI is InChI=1S/C6H15N.C6H14.C4H8O2/c1-4-7(5-2)6-3;1-3-5-6-4-2;1-3-6-4(2)5/h4-6H2,1-3H3;3-6H2,1-2H3;3H2,1-2H3. The van der Waals surface area contributed by atoms with Crippen LogP contribution < -0.4 is 0 Å². The van der Waals surface area contributed by atoms with E-state index in [1.807, 2.05) is 0 Å². The molecule has 0 amide bonds. The number of unbranched alkanes of at least 4 members (excludes halogenated alkanes) is 3. The highest BCUT2D eigenvalue weighted by Gasteiger charge is 1.89. The predicted molar refractivity (Wildman–Crippen MR) is 85.6 cm³/mol. The van der Waals surface area contributed by atoms with Crippen molar-refractivity contribution < 1.29 is 9.53 Å². The molecule has 0 N–H and O–H groups in total. The molecule has 0 bridgehead atoms. The molecule has 0 aromatic rings. The van der Waals surface area contributed by atoms with Crippen LogP contribution in [0, 0.1) is 0 Å². The second kappa shape index (κ2) is 22.6. The Bertz CT molecular complexity index is 147. The van der Waals surface area contributed by atoms with Crippen LogP contribution >= 0.6 is 0 Å². The second-order valence-corrected chi connectivity index (χ2v) is 4.25. The average Bonchev–Trinajstić information content (AvgIpc) is 2.39. The molecule has 0 atom stereocenters. The smallest absolute Gasteiger partial charge is 0.302 e. The lowest BCUT2D eigenvalue weighted by atomic mass is 10.2. The van der Waals surface area contributed by atoms with Crippen molar-refractivity contribution in [2.75, 3.05) is 26.2 Å². The fourth-order valence-electron chi connectivity index (χ4n) is 1.37. The van der Waals surface area contributed by atoms with Gasteiger partial charge in [-0.25, -0.2) is 0 Å². The van der Waals surface area contributed by atoms with E-state index in [0.29, 0.717) is 6.61 Å². The maximum atomic E-state index is 9.82. The third-order valence-electron chi connectivity index (χ3n) is 2.65. The molecule has 0 aromatic carbocycles. The zero-order valence-electron chi connectivity index (χ0n) is 14.4. The molecule has 0 aliphatic heterocycles. The van der Waals surface area contributed by atoms with Gasteiger partial charge in [0, 0.05) is 6.92 Å². The van der Waals surface area contributed by atoms with Crippen molar-refractivity contribution in [3.05, 3.63) is 0 Å². The van der Waals surface area contributed by atoms with Gasteiger partial charge in [0.15, 0.2) is 0 Å². The molecule has 0 saturated heterocycles. The molecule has 0 aliphatic carbocycles. The normalized spacial score (nSPS) is 9.05. The number of esters is 1. The number of carbonyl (C=O) groups is 1. The van der Waals surface area contributed by atoms with E-state index in [0.717, 1.165) is 0 Å². The predicted octanol–water partition coefficient (Wildman–Crippen LogP) is 4.50. The van der Waals surface area contributed by atoms with Gasteiger partial charge < -0.3 is 9.64 Å². The van der Waals surface area contributed by atoms with Gasteiger partial charge in [-0.05, 0) is 26.6 Å². The lowest BCUT2D eigenvalue weighted by Crippen LogP contribution is -2.21. The Kier molecular flexibility index (Phi) is 28.0. The Morgan fingerprint density at radius 2 is 1.21 bits per heavy atom. The summed E-state index contributed by atoms with van der Waals surface area (Å²) in [6.07, 6.45) is 5.54. The Morgan fingerprint density at radius 1 is 0.842 bits per heavy atom. The molecule has 0 rings (SSSR count). The van der Waals surface area contributed by atoms with Gasteiger partial charge in [-0.2, -0.15) is 0 Å². The molecule has 3 nitrogen and oxygen atoms in total. The molecule has 118 valence electrons. The molecule has 0 fully saturated rings. The van der Waals surface area contributed by atoms with Crippen molar-refractivity contribution in [3.63, 3.8) is 0 Å². The fraction of sp³-hybridized carbons (Fsp3) is 0.938. The quantitative estimate of drug-likeness (QED) is 0.506. The number of carbonyl (C=O) groups excluding carboxylic acids is 1. The maximum absolute atomic E-state index is 9.82. The first-order chi connectivity index (χ1) is 9.03. The summed E-state index contributed by atoms with van der Waals surface area (Å²) in [5, 5.41) is 0. The molecule has 0 spiro atoms. The van der Waals surface area contributed by atoms with Crippen molar-refractivity contribution in [1.82, 2.24) is 4.90 Å². The summed E-state index contributed by atoms with van der Waals surface area (Å²) in [5.41, 5.74) is 0. The Hall–Kier alpha value is -0.570. The van der Waals surface area contributed by atoms with E-state index < -0.39 is 0 Å². The van der Waals surface area contributed by atoms with Crippen LogP contribution in [0.5, 0.6) is 0 Å². The van der Waals surface area contributed by atoms with Gasteiger partial charge in [0.2, 0.25) is 0 Å². The number of hydrogen-bond donors (Lipinski definition) is 0. The first-order valence-corrected chi connectivity index (χ1v) is 7.89. The number of rotatable bonds is 7. The summed E-state index contributed by atoms with van der Waals surface area (Å²) < 4.78 is 4.40. The maximum Gasteiger partial charge on any atom is 0.302 e. The summed E-state index contributed by atoms with van der Waals surface area (Å²) in [4.78, 5) is 12.2.